The van der Waals surface area contributed by atoms with E-state index >= 15 is 0 Å². The summed E-state index contributed by atoms with van der Waals surface area (Å²) in [5, 5.41) is 23.5. The molecule has 0 bridgehead atoms. The zero-order chi connectivity index (χ0) is 15.2. The highest BCUT2D eigenvalue weighted by molar-refractivity contribution is 6.01. The van der Waals surface area contributed by atoms with Crippen molar-refractivity contribution in [3.05, 3.63) is 65.7 Å². The predicted octanol–water partition coefficient (Wildman–Crippen LogP) is 1.97. The molecular formula is C16H16N2O3. The van der Waals surface area contributed by atoms with Crippen LogP contribution in [0.25, 0.3) is 0 Å². The standard InChI is InChI=1S/C16H16N2O3/c1-11(13-9-5-6-10-14(13)19)17-18-16(21)15(20)12-7-3-2-4-8-12/h2-10,15,19-20H,1H3,(H,18,21)/b17-11+. The Bertz CT molecular complexity index is 654. The molecule has 1 amide bonds. The molecule has 0 spiro atoms. The van der Waals surface area contributed by atoms with Crippen LogP contribution >= 0.6 is 0 Å². The maximum Gasteiger partial charge on any atom is 0.273 e. The minimum atomic E-state index is -1.29. The number of hydrazone groups is 1. The van der Waals surface area contributed by atoms with Gasteiger partial charge >= 0.3 is 0 Å². The summed E-state index contributed by atoms with van der Waals surface area (Å²) in [6.45, 7) is 1.66. The highest BCUT2D eigenvalue weighted by atomic mass is 16.3. The van der Waals surface area contributed by atoms with E-state index in [0.717, 1.165) is 0 Å². The summed E-state index contributed by atoms with van der Waals surface area (Å²) >= 11 is 0. The van der Waals surface area contributed by atoms with E-state index in [1.165, 1.54) is 6.07 Å². The third kappa shape index (κ3) is 3.67. The van der Waals surface area contributed by atoms with E-state index in [0.29, 0.717) is 16.8 Å². The van der Waals surface area contributed by atoms with Crippen molar-refractivity contribution in [2.45, 2.75) is 13.0 Å². The highest BCUT2D eigenvalue weighted by Crippen LogP contribution is 2.16. The Kier molecular flexibility index (Phi) is 4.68. The number of phenolic OH excluding ortho intramolecular Hbond substituents is 1. The number of rotatable bonds is 4. The molecule has 1 atom stereocenters. The Hall–Kier alpha value is -2.66. The van der Waals surface area contributed by atoms with E-state index in [1.54, 1.807) is 55.5 Å². The van der Waals surface area contributed by atoms with Crippen LogP contribution in [0, 0.1) is 0 Å². The number of carbonyl (C=O) groups excluding carboxylic acids is 1. The molecule has 0 saturated heterocycles. The molecule has 2 aromatic rings. The molecule has 0 aliphatic heterocycles. The molecule has 5 nitrogen and oxygen atoms in total. The summed E-state index contributed by atoms with van der Waals surface area (Å²) in [6.07, 6.45) is -1.29. The molecule has 21 heavy (non-hydrogen) atoms. The second kappa shape index (κ2) is 6.67. The van der Waals surface area contributed by atoms with Crippen LogP contribution in [0.4, 0.5) is 0 Å². The molecule has 0 fully saturated rings. The number of nitrogens with zero attached hydrogens (tertiary/aromatic N) is 1. The van der Waals surface area contributed by atoms with Crippen molar-refractivity contribution in [3.63, 3.8) is 0 Å². The average Bonchev–Trinajstić information content (AvgIpc) is 2.52. The minimum Gasteiger partial charge on any atom is -0.507 e. The Morgan fingerprint density at radius 3 is 2.38 bits per heavy atom. The van der Waals surface area contributed by atoms with Crippen LogP contribution in [0.5, 0.6) is 5.75 Å². The largest absolute Gasteiger partial charge is 0.507 e. The topological polar surface area (TPSA) is 81.9 Å². The van der Waals surface area contributed by atoms with Crippen LogP contribution in [-0.2, 0) is 4.79 Å². The lowest BCUT2D eigenvalue weighted by atomic mass is 10.1. The quantitative estimate of drug-likeness (QED) is 0.593. The Morgan fingerprint density at radius 2 is 1.71 bits per heavy atom. The van der Waals surface area contributed by atoms with E-state index in [2.05, 4.69) is 10.5 Å². The van der Waals surface area contributed by atoms with Gasteiger partial charge in [-0.25, -0.2) is 5.43 Å². The highest BCUT2D eigenvalue weighted by Gasteiger charge is 2.16. The molecule has 0 heterocycles. The lowest BCUT2D eigenvalue weighted by molar-refractivity contribution is -0.129. The molecule has 0 radical (unpaired) electrons. The molecule has 2 rings (SSSR count). The van der Waals surface area contributed by atoms with Gasteiger partial charge in [0.2, 0.25) is 0 Å². The number of aromatic hydroxyl groups is 1. The van der Waals surface area contributed by atoms with Gasteiger partial charge in [0.25, 0.3) is 5.91 Å². The van der Waals surface area contributed by atoms with Crippen molar-refractivity contribution in [2.24, 2.45) is 5.10 Å². The molecule has 108 valence electrons. The van der Waals surface area contributed by atoms with Gasteiger partial charge < -0.3 is 10.2 Å². The SMILES string of the molecule is C/C(=N\NC(=O)C(O)c1ccccc1)c1ccccc1O. The van der Waals surface area contributed by atoms with Crippen LogP contribution < -0.4 is 5.43 Å². The summed E-state index contributed by atoms with van der Waals surface area (Å²) in [5.41, 5.74) is 3.75. The van der Waals surface area contributed by atoms with E-state index in [1.807, 2.05) is 0 Å². The zero-order valence-corrected chi connectivity index (χ0v) is 11.5. The van der Waals surface area contributed by atoms with Gasteiger partial charge in [-0.2, -0.15) is 5.10 Å². The Morgan fingerprint density at radius 1 is 1.10 bits per heavy atom. The summed E-state index contributed by atoms with van der Waals surface area (Å²) < 4.78 is 0. The Labute approximate surface area is 122 Å². The normalized spacial score (nSPS) is 12.8. The van der Waals surface area contributed by atoms with Gasteiger partial charge in [-0.1, -0.05) is 42.5 Å². The number of amides is 1. The molecule has 2 aromatic carbocycles. The van der Waals surface area contributed by atoms with Crippen molar-refractivity contribution >= 4 is 11.6 Å². The van der Waals surface area contributed by atoms with Gasteiger partial charge in [0.05, 0.1) is 5.71 Å². The number of para-hydroxylation sites is 1. The van der Waals surface area contributed by atoms with Gasteiger partial charge in [-0.3, -0.25) is 4.79 Å². The molecule has 0 aromatic heterocycles. The van der Waals surface area contributed by atoms with E-state index in [9.17, 15) is 15.0 Å². The summed E-state index contributed by atoms with van der Waals surface area (Å²) in [7, 11) is 0. The number of phenols is 1. The van der Waals surface area contributed by atoms with E-state index in [-0.39, 0.29) is 5.75 Å². The van der Waals surface area contributed by atoms with Crippen LogP contribution in [-0.4, -0.2) is 21.8 Å². The molecule has 0 saturated carbocycles. The fourth-order valence-electron chi connectivity index (χ4n) is 1.83. The number of nitrogens with one attached hydrogen (secondary N) is 1. The summed E-state index contributed by atoms with van der Waals surface area (Å²) in [5.74, 6) is -0.549. The van der Waals surface area contributed by atoms with Gasteiger partial charge in [0.1, 0.15) is 5.75 Å². The van der Waals surface area contributed by atoms with Crippen LogP contribution in [0.15, 0.2) is 59.7 Å². The number of carbonyl (C=O) groups is 1. The van der Waals surface area contributed by atoms with Crippen LogP contribution in [0.3, 0.4) is 0 Å². The maximum atomic E-state index is 11.8. The average molecular weight is 284 g/mol. The van der Waals surface area contributed by atoms with Crippen molar-refractivity contribution in [1.29, 1.82) is 0 Å². The minimum absolute atomic E-state index is 0.0802. The third-order valence-electron chi connectivity index (χ3n) is 2.99. The fraction of sp³-hybridized carbons (Fsp3) is 0.125. The Balaban J connectivity index is 2.07. The van der Waals surface area contributed by atoms with Gasteiger partial charge in [0, 0.05) is 5.56 Å². The zero-order valence-electron chi connectivity index (χ0n) is 11.5. The third-order valence-corrected chi connectivity index (χ3v) is 2.99. The second-order valence-corrected chi connectivity index (χ2v) is 4.50. The van der Waals surface area contributed by atoms with Gasteiger partial charge in [-0.05, 0) is 24.6 Å². The number of aliphatic hydroxyl groups excluding tert-OH is 1. The first-order valence-corrected chi connectivity index (χ1v) is 6.45. The lowest BCUT2D eigenvalue weighted by Crippen LogP contribution is -2.26. The molecule has 5 heteroatoms. The monoisotopic (exact) mass is 284 g/mol. The molecule has 1 unspecified atom stereocenters. The van der Waals surface area contributed by atoms with Crippen molar-refractivity contribution in [3.8, 4) is 5.75 Å². The van der Waals surface area contributed by atoms with Gasteiger partial charge in [0.15, 0.2) is 6.10 Å². The first kappa shape index (κ1) is 14.7. The number of aliphatic hydroxyl groups is 1. The molecular weight excluding hydrogens is 268 g/mol. The van der Waals surface area contributed by atoms with Gasteiger partial charge in [-0.15, -0.1) is 0 Å². The fourth-order valence-corrected chi connectivity index (χ4v) is 1.83. The predicted molar refractivity (Wildman–Crippen MR) is 79.9 cm³/mol. The van der Waals surface area contributed by atoms with E-state index < -0.39 is 12.0 Å². The van der Waals surface area contributed by atoms with E-state index in [4.69, 9.17) is 0 Å². The number of hydrogen-bond acceptors (Lipinski definition) is 4. The van der Waals surface area contributed by atoms with Crippen molar-refractivity contribution in [1.82, 2.24) is 5.43 Å². The van der Waals surface area contributed by atoms with Crippen molar-refractivity contribution in [2.75, 3.05) is 0 Å². The number of benzene rings is 2. The molecule has 0 aliphatic rings. The first-order chi connectivity index (χ1) is 10.1. The number of hydrogen-bond donors (Lipinski definition) is 3. The molecule has 0 aliphatic carbocycles. The maximum absolute atomic E-state index is 11.8. The smallest absolute Gasteiger partial charge is 0.273 e. The summed E-state index contributed by atoms with van der Waals surface area (Å²) in [6, 6.07) is 15.3. The summed E-state index contributed by atoms with van der Waals surface area (Å²) in [4.78, 5) is 11.8. The first-order valence-electron chi connectivity index (χ1n) is 6.45. The second-order valence-electron chi connectivity index (χ2n) is 4.50. The van der Waals surface area contributed by atoms with Crippen LogP contribution in [0.2, 0.25) is 0 Å². The molecule has 3 N–H and O–H groups in total. The van der Waals surface area contributed by atoms with Crippen LogP contribution in [0.1, 0.15) is 24.2 Å². The lowest BCUT2D eigenvalue weighted by Gasteiger charge is -2.09. The van der Waals surface area contributed by atoms with Crippen molar-refractivity contribution < 1.29 is 15.0 Å².